The third-order valence-corrected chi connectivity index (χ3v) is 4.39. The standard InChI is InChI=1S/C15H15BrN2O5S/c1-2-22-14(20)6-13-18(12(19)9-24-13)3-4-23-15(21)10-5-11(16)8-17-7-10/h5-8H,2-4,9H2,1H3/b13-6-. The van der Waals surface area contributed by atoms with Gasteiger partial charge >= 0.3 is 11.9 Å². The molecule has 0 spiro atoms. The summed E-state index contributed by atoms with van der Waals surface area (Å²) in [6.07, 6.45) is 4.23. The highest BCUT2D eigenvalue weighted by molar-refractivity contribution is 9.10. The molecule has 1 aromatic rings. The summed E-state index contributed by atoms with van der Waals surface area (Å²) in [5.41, 5.74) is 0.314. The topological polar surface area (TPSA) is 85.8 Å². The number of rotatable bonds is 6. The van der Waals surface area contributed by atoms with Gasteiger partial charge in [0, 0.05) is 16.9 Å². The van der Waals surface area contributed by atoms with Crippen molar-refractivity contribution < 1.29 is 23.9 Å². The molecule has 9 heteroatoms. The average Bonchev–Trinajstić information content (AvgIpc) is 2.88. The molecule has 128 valence electrons. The zero-order valence-corrected chi connectivity index (χ0v) is 15.3. The van der Waals surface area contributed by atoms with Gasteiger partial charge in [0.15, 0.2) is 0 Å². The second-order valence-electron chi connectivity index (χ2n) is 4.60. The van der Waals surface area contributed by atoms with Gasteiger partial charge in [-0.05, 0) is 28.9 Å². The SMILES string of the molecule is CCOC(=O)/C=C1\SCC(=O)N1CCOC(=O)c1cncc(Br)c1. The van der Waals surface area contributed by atoms with Crippen LogP contribution >= 0.6 is 27.7 Å². The van der Waals surface area contributed by atoms with Gasteiger partial charge in [-0.3, -0.25) is 9.78 Å². The summed E-state index contributed by atoms with van der Waals surface area (Å²) < 4.78 is 10.7. The number of pyridine rings is 1. The lowest BCUT2D eigenvalue weighted by atomic mass is 10.3. The van der Waals surface area contributed by atoms with Gasteiger partial charge < -0.3 is 14.4 Å². The van der Waals surface area contributed by atoms with Gasteiger partial charge in [0.25, 0.3) is 0 Å². The average molecular weight is 415 g/mol. The summed E-state index contributed by atoms with van der Waals surface area (Å²) in [4.78, 5) is 40.6. The van der Waals surface area contributed by atoms with Gasteiger partial charge in [-0.1, -0.05) is 11.8 Å². The Bertz CT molecular complexity index is 680. The van der Waals surface area contributed by atoms with Crippen molar-refractivity contribution in [2.75, 3.05) is 25.5 Å². The predicted molar refractivity (Wildman–Crippen MR) is 91.1 cm³/mol. The van der Waals surface area contributed by atoms with Crippen LogP contribution < -0.4 is 0 Å². The fourth-order valence-electron chi connectivity index (χ4n) is 1.89. The highest BCUT2D eigenvalue weighted by Crippen LogP contribution is 2.28. The van der Waals surface area contributed by atoms with Crippen molar-refractivity contribution in [3.8, 4) is 0 Å². The molecular formula is C15H15BrN2O5S. The molecule has 1 saturated heterocycles. The fourth-order valence-corrected chi connectivity index (χ4v) is 3.21. The maximum Gasteiger partial charge on any atom is 0.339 e. The summed E-state index contributed by atoms with van der Waals surface area (Å²) >= 11 is 4.48. The largest absolute Gasteiger partial charge is 0.463 e. The number of ether oxygens (including phenoxy) is 2. The Morgan fingerprint density at radius 2 is 2.21 bits per heavy atom. The normalized spacial score (nSPS) is 15.7. The Hall–Kier alpha value is -1.87. The molecule has 0 bridgehead atoms. The number of hydrogen-bond donors (Lipinski definition) is 0. The van der Waals surface area contributed by atoms with E-state index in [-0.39, 0.29) is 31.4 Å². The fraction of sp³-hybridized carbons (Fsp3) is 0.333. The maximum absolute atomic E-state index is 11.9. The highest BCUT2D eigenvalue weighted by Gasteiger charge is 2.27. The smallest absolute Gasteiger partial charge is 0.339 e. The summed E-state index contributed by atoms with van der Waals surface area (Å²) in [6, 6.07) is 1.60. The Labute approximate surface area is 151 Å². The number of aromatic nitrogens is 1. The van der Waals surface area contributed by atoms with Crippen molar-refractivity contribution >= 4 is 45.5 Å². The molecule has 1 aliphatic heterocycles. The van der Waals surface area contributed by atoms with E-state index in [9.17, 15) is 14.4 Å². The lowest BCUT2D eigenvalue weighted by molar-refractivity contribution is -0.137. The van der Waals surface area contributed by atoms with Gasteiger partial charge in [-0.15, -0.1) is 0 Å². The molecule has 0 atom stereocenters. The van der Waals surface area contributed by atoms with Crippen LogP contribution in [-0.2, 0) is 19.1 Å². The monoisotopic (exact) mass is 414 g/mol. The van der Waals surface area contributed by atoms with Crippen LogP contribution in [0.2, 0.25) is 0 Å². The quantitative estimate of drug-likeness (QED) is 0.519. The summed E-state index contributed by atoms with van der Waals surface area (Å²) in [5, 5.41) is 0.499. The summed E-state index contributed by atoms with van der Waals surface area (Å²) in [7, 11) is 0. The molecule has 1 amide bonds. The van der Waals surface area contributed by atoms with Crippen molar-refractivity contribution in [1.82, 2.24) is 9.88 Å². The van der Waals surface area contributed by atoms with E-state index in [0.29, 0.717) is 15.1 Å². The van der Waals surface area contributed by atoms with Crippen LogP contribution in [0.5, 0.6) is 0 Å². The predicted octanol–water partition coefficient (Wildman–Crippen LogP) is 1.98. The van der Waals surface area contributed by atoms with Gasteiger partial charge in [0.1, 0.15) is 6.61 Å². The molecular weight excluding hydrogens is 400 g/mol. The Morgan fingerprint density at radius 3 is 2.92 bits per heavy atom. The molecule has 2 heterocycles. The molecule has 0 unspecified atom stereocenters. The summed E-state index contributed by atoms with van der Waals surface area (Å²) in [5.74, 6) is -0.930. The van der Waals surface area contributed by atoms with Crippen molar-refractivity contribution in [2.45, 2.75) is 6.92 Å². The molecule has 0 saturated carbocycles. The number of carbonyl (C=O) groups excluding carboxylic acids is 3. The highest BCUT2D eigenvalue weighted by atomic mass is 79.9. The first-order chi connectivity index (χ1) is 11.5. The van der Waals surface area contributed by atoms with Crippen molar-refractivity contribution in [1.29, 1.82) is 0 Å². The molecule has 0 aromatic carbocycles. The van der Waals surface area contributed by atoms with Gasteiger partial charge in [-0.25, -0.2) is 9.59 Å². The number of thioether (sulfide) groups is 1. The van der Waals surface area contributed by atoms with Gasteiger partial charge in [0.05, 0.1) is 35.6 Å². The van der Waals surface area contributed by atoms with E-state index >= 15 is 0 Å². The first-order valence-corrected chi connectivity index (χ1v) is 8.88. The van der Waals surface area contributed by atoms with Crippen molar-refractivity contribution in [2.24, 2.45) is 0 Å². The summed E-state index contributed by atoms with van der Waals surface area (Å²) in [6.45, 7) is 2.15. The van der Waals surface area contributed by atoms with Crippen LogP contribution in [0.25, 0.3) is 0 Å². The number of esters is 2. The van der Waals surface area contributed by atoms with E-state index in [0.717, 1.165) is 0 Å². The van der Waals surface area contributed by atoms with Crippen molar-refractivity contribution in [3.63, 3.8) is 0 Å². The third kappa shape index (κ3) is 5.07. The second kappa shape index (κ2) is 8.84. The molecule has 24 heavy (non-hydrogen) atoms. The first-order valence-electron chi connectivity index (χ1n) is 7.10. The minimum atomic E-state index is -0.529. The molecule has 7 nitrogen and oxygen atoms in total. The number of nitrogens with zero attached hydrogens (tertiary/aromatic N) is 2. The molecule has 0 N–H and O–H groups in total. The van der Waals surface area contributed by atoms with Crippen LogP contribution in [0.1, 0.15) is 17.3 Å². The third-order valence-electron chi connectivity index (χ3n) is 2.93. The maximum atomic E-state index is 11.9. The Kier molecular flexibility index (Phi) is 6.80. The number of amides is 1. The zero-order valence-electron chi connectivity index (χ0n) is 12.9. The van der Waals surface area contributed by atoms with Crippen LogP contribution in [0.15, 0.2) is 34.0 Å². The van der Waals surface area contributed by atoms with Crippen LogP contribution in [0.4, 0.5) is 0 Å². The number of hydrogen-bond acceptors (Lipinski definition) is 7. The van der Waals surface area contributed by atoms with E-state index < -0.39 is 11.9 Å². The van der Waals surface area contributed by atoms with Crippen molar-refractivity contribution in [3.05, 3.63) is 39.6 Å². The molecule has 1 aromatic heterocycles. The lowest BCUT2D eigenvalue weighted by Gasteiger charge is -2.16. The van der Waals surface area contributed by atoms with E-state index in [1.165, 1.54) is 28.9 Å². The van der Waals surface area contributed by atoms with E-state index in [2.05, 4.69) is 20.9 Å². The molecule has 2 rings (SSSR count). The van der Waals surface area contributed by atoms with Crippen LogP contribution in [-0.4, -0.2) is 53.2 Å². The molecule has 1 fully saturated rings. The molecule has 1 aliphatic rings. The molecule has 0 aliphatic carbocycles. The number of halogens is 1. The minimum Gasteiger partial charge on any atom is -0.463 e. The van der Waals surface area contributed by atoms with Gasteiger partial charge in [0.2, 0.25) is 5.91 Å². The van der Waals surface area contributed by atoms with Crippen LogP contribution in [0.3, 0.4) is 0 Å². The number of carbonyl (C=O) groups is 3. The second-order valence-corrected chi connectivity index (χ2v) is 6.51. The Balaban J connectivity index is 1.91. The van der Waals surface area contributed by atoms with E-state index in [1.807, 2.05) is 0 Å². The van der Waals surface area contributed by atoms with Crippen LogP contribution in [0, 0.1) is 0 Å². The first kappa shape index (κ1) is 18.5. The Morgan fingerprint density at radius 1 is 1.42 bits per heavy atom. The minimum absolute atomic E-state index is 0.0117. The lowest BCUT2D eigenvalue weighted by Crippen LogP contribution is -2.29. The van der Waals surface area contributed by atoms with E-state index in [4.69, 9.17) is 9.47 Å². The molecule has 0 radical (unpaired) electrons. The van der Waals surface area contributed by atoms with E-state index in [1.54, 1.807) is 19.2 Å². The van der Waals surface area contributed by atoms with Gasteiger partial charge in [-0.2, -0.15) is 0 Å². The zero-order chi connectivity index (χ0) is 17.5.